The zero-order chi connectivity index (χ0) is 13.8. The Bertz CT molecular complexity index is 548. The van der Waals surface area contributed by atoms with Crippen molar-refractivity contribution in [3.05, 3.63) is 33.9 Å². The maximum Gasteiger partial charge on any atom is 0.273 e. The fourth-order valence-electron chi connectivity index (χ4n) is 1.69. The fraction of sp³-hybridized carbons (Fsp3) is 0.400. The van der Waals surface area contributed by atoms with Gasteiger partial charge in [0.15, 0.2) is 0 Å². The highest BCUT2D eigenvalue weighted by molar-refractivity contribution is 7.89. The zero-order valence-electron chi connectivity index (χ0n) is 10.1. The molecule has 0 aliphatic heterocycles. The number of nitro benzene ring substituents is 1. The molecule has 0 aliphatic carbocycles. The molecule has 1 aromatic rings. The topological polar surface area (TPSA) is 129 Å². The van der Waals surface area contributed by atoms with E-state index in [0.29, 0.717) is 19.4 Å². The molecule has 9 heteroatoms. The van der Waals surface area contributed by atoms with Crippen molar-refractivity contribution in [2.24, 2.45) is 10.9 Å². The third-order valence-corrected chi connectivity index (χ3v) is 3.49. The number of nitrogens with two attached hydrogens (primary N) is 2. The van der Waals surface area contributed by atoms with Gasteiger partial charge in [0, 0.05) is 11.6 Å². The normalized spacial score (nSPS) is 10.8. The lowest BCUT2D eigenvalue weighted by Gasteiger charge is -2.08. The lowest BCUT2D eigenvalue weighted by atomic mass is 10.1. The quantitative estimate of drug-likeness (QED) is 0.459. The number of benzene rings is 1. The van der Waals surface area contributed by atoms with Crippen LogP contribution in [-0.2, 0) is 16.4 Å². The van der Waals surface area contributed by atoms with Crippen LogP contribution in [0, 0.1) is 10.1 Å². The van der Waals surface area contributed by atoms with Gasteiger partial charge in [-0.2, -0.15) is 0 Å². The van der Waals surface area contributed by atoms with Crippen LogP contribution >= 0.6 is 12.4 Å². The maximum atomic E-state index is 11.4. The summed E-state index contributed by atoms with van der Waals surface area (Å²) in [6.07, 6.45) is 1.50. The predicted molar refractivity (Wildman–Crippen MR) is 73.7 cm³/mol. The van der Waals surface area contributed by atoms with E-state index < -0.39 is 14.9 Å². The average Bonchev–Trinajstić information content (AvgIpc) is 2.27. The van der Waals surface area contributed by atoms with Gasteiger partial charge in [-0.3, -0.25) is 10.1 Å². The molecule has 0 unspecified atom stereocenters. The van der Waals surface area contributed by atoms with Crippen molar-refractivity contribution >= 4 is 28.1 Å². The SMILES string of the molecule is Cl.NCCCCc1c([N+](=O)[O-])cccc1S(N)(=O)=O. The summed E-state index contributed by atoms with van der Waals surface area (Å²) in [5.74, 6) is 0. The third kappa shape index (κ3) is 4.75. The molecule has 0 amide bonds. The largest absolute Gasteiger partial charge is 0.330 e. The fourth-order valence-corrected chi connectivity index (χ4v) is 2.51. The Balaban J connectivity index is 0.00000324. The monoisotopic (exact) mass is 309 g/mol. The van der Waals surface area contributed by atoms with E-state index in [0.717, 1.165) is 0 Å². The highest BCUT2D eigenvalue weighted by atomic mass is 35.5. The summed E-state index contributed by atoms with van der Waals surface area (Å²) in [5, 5.41) is 15.9. The molecule has 0 spiro atoms. The van der Waals surface area contributed by atoms with E-state index >= 15 is 0 Å². The molecule has 0 heterocycles. The van der Waals surface area contributed by atoms with E-state index in [9.17, 15) is 18.5 Å². The average molecular weight is 310 g/mol. The van der Waals surface area contributed by atoms with Gasteiger partial charge >= 0.3 is 0 Å². The van der Waals surface area contributed by atoms with Crippen LogP contribution in [0.5, 0.6) is 0 Å². The minimum atomic E-state index is -3.96. The number of rotatable bonds is 6. The highest BCUT2D eigenvalue weighted by Gasteiger charge is 2.22. The van der Waals surface area contributed by atoms with E-state index in [1.165, 1.54) is 18.2 Å². The minimum absolute atomic E-state index is 0. The summed E-state index contributed by atoms with van der Waals surface area (Å²) < 4.78 is 22.8. The molecule has 4 N–H and O–H groups in total. The van der Waals surface area contributed by atoms with Crippen molar-refractivity contribution in [3.63, 3.8) is 0 Å². The molecule has 0 radical (unpaired) electrons. The van der Waals surface area contributed by atoms with Crippen LogP contribution in [-0.4, -0.2) is 19.9 Å². The first-order valence-corrected chi connectivity index (χ1v) is 6.91. The standard InChI is InChI=1S/C10H15N3O4S.ClH/c11-7-2-1-4-8-9(13(14)15)5-3-6-10(8)18(12,16)17;/h3,5-6H,1-2,4,7,11H2,(H2,12,16,17);1H. The van der Waals surface area contributed by atoms with Gasteiger partial charge in [-0.15, -0.1) is 12.4 Å². The van der Waals surface area contributed by atoms with Crippen molar-refractivity contribution < 1.29 is 13.3 Å². The van der Waals surface area contributed by atoms with Crippen LogP contribution in [0.25, 0.3) is 0 Å². The predicted octanol–water partition coefficient (Wildman–Crippen LogP) is 0.945. The smallest absolute Gasteiger partial charge is 0.273 e. The van der Waals surface area contributed by atoms with Crippen LogP contribution < -0.4 is 10.9 Å². The molecule has 0 fully saturated rings. The molecule has 0 saturated heterocycles. The molecule has 0 aromatic heterocycles. The van der Waals surface area contributed by atoms with Crippen molar-refractivity contribution in [2.75, 3.05) is 6.54 Å². The molecular weight excluding hydrogens is 294 g/mol. The van der Waals surface area contributed by atoms with Crippen LogP contribution in [0.2, 0.25) is 0 Å². The summed E-state index contributed by atoms with van der Waals surface area (Å²) in [5.41, 5.74) is 5.27. The second-order valence-corrected chi connectivity index (χ2v) is 5.33. The summed E-state index contributed by atoms with van der Waals surface area (Å²) >= 11 is 0. The van der Waals surface area contributed by atoms with Gasteiger partial charge in [0.05, 0.1) is 9.82 Å². The number of unbranched alkanes of at least 4 members (excludes halogenated alkanes) is 1. The summed E-state index contributed by atoms with van der Waals surface area (Å²) in [7, 11) is -3.96. The highest BCUT2D eigenvalue weighted by Crippen LogP contribution is 2.26. The van der Waals surface area contributed by atoms with E-state index in [2.05, 4.69) is 0 Å². The second-order valence-electron chi connectivity index (χ2n) is 3.80. The second kappa shape index (κ2) is 7.39. The van der Waals surface area contributed by atoms with Crippen molar-refractivity contribution in [3.8, 4) is 0 Å². The molecule has 0 saturated carbocycles. The molecular formula is C10H16ClN3O4S. The molecule has 1 rings (SSSR count). The minimum Gasteiger partial charge on any atom is -0.330 e. The van der Waals surface area contributed by atoms with Gasteiger partial charge in [0.2, 0.25) is 10.0 Å². The Hall–Kier alpha value is -1.22. The lowest BCUT2D eigenvalue weighted by molar-refractivity contribution is -0.385. The van der Waals surface area contributed by atoms with Crippen LogP contribution in [0.15, 0.2) is 23.1 Å². The number of primary sulfonamides is 1. The molecule has 108 valence electrons. The molecule has 7 nitrogen and oxygen atoms in total. The Kier molecular flexibility index (Phi) is 6.91. The number of hydrogen-bond donors (Lipinski definition) is 2. The van der Waals surface area contributed by atoms with Crippen LogP contribution in [0.3, 0.4) is 0 Å². The Morgan fingerprint density at radius 3 is 2.37 bits per heavy atom. The van der Waals surface area contributed by atoms with Crippen molar-refractivity contribution in [1.29, 1.82) is 0 Å². The number of halogens is 1. The number of nitrogens with zero attached hydrogens (tertiary/aromatic N) is 1. The maximum absolute atomic E-state index is 11.4. The van der Waals surface area contributed by atoms with E-state index in [1.807, 2.05) is 0 Å². The van der Waals surface area contributed by atoms with Crippen molar-refractivity contribution in [1.82, 2.24) is 0 Å². The van der Waals surface area contributed by atoms with E-state index in [1.54, 1.807) is 0 Å². The Morgan fingerprint density at radius 1 is 1.26 bits per heavy atom. The van der Waals surface area contributed by atoms with Gasteiger partial charge in [-0.1, -0.05) is 6.07 Å². The summed E-state index contributed by atoms with van der Waals surface area (Å²) in [6, 6.07) is 3.86. The van der Waals surface area contributed by atoms with E-state index in [-0.39, 0.29) is 35.0 Å². The molecule has 0 bridgehead atoms. The first kappa shape index (κ1) is 17.8. The molecule has 19 heavy (non-hydrogen) atoms. The van der Waals surface area contributed by atoms with Gasteiger partial charge in [0.25, 0.3) is 5.69 Å². The number of nitro groups is 1. The molecule has 1 aromatic carbocycles. The van der Waals surface area contributed by atoms with Gasteiger partial charge < -0.3 is 5.73 Å². The first-order chi connectivity index (χ1) is 8.38. The van der Waals surface area contributed by atoms with Crippen molar-refractivity contribution in [2.45, 2.75) is 24.2 Å². The van der Waals surface area contributed by atoms with Gasteiger partial charge in [0.1, 0.15) is 0 Å². The Morgan fingerprint density at radius 2 is 1.89 bits per heavy atom. The summed E-state index contributed by atoms with van der Waals surface area (Å²) in [4.78, 5) is 10.1. The number of sulfonamides is 1. The first-order valence-electron chi connectivity index (χ1n) is 5.37. The molecule has 0 atom stereocenters. The lowest BCUT2D eigenvalue weighted by Crippen LogP contribution is -2.15. The van der Waals surface area contributed by atoms with Crippen LogP contribution in [0.1, 0.15) is 18.4 Å². The van der Waals surface area contributed by atoms with Gasteiger partial charge in [-0.25, -0.2) is 13.6 Å². The third-order valence-electron chi connectivity index (χ3n) is 2.49. The van der Waals surface area contributed by atoms with E-state index in [4.69, 9.17) is 10.9 Å². The van der Waals surface area contributed by atoms with Gasteiger partial charge in [-0.05, 0) is 31.9 Å². The molecule has 0 aliphatic rings. The Labute approximate surface area is 117 Å². The van der Waals surface area contributed by atoms with Crippen LogP contribution in [0.4, 0.5) is 5.69 Å². The zero-order valence-corrected chi connectivity index (χ0v) is 11.7. The number of hydrogen-bond acceptors (Lipinski definition) is 5. The summed E-state index contributed by atoms with van der Waals surface area (Å²) in [6.45, 7) is 0.450.